The number of rotatable bonds is 8. The van der Waals surface area contributed by atoms with Gasteiger partial charge in [-0.05, 0) is 49.4 Å². The van der Waals surface area contributed by atoms with Crippen molar-refractivity contribution in [2.45, 2.75) is 31.8 Å². The zero-order valence-electron chi connectivity index (χ0n) is 12.7. The molecule has 1 aromatic rings. The molecular weight excluding hydrogens is 352 g/mol. The Morgan fingerprint density at radius 1 is 1.48 bits per heavy atom. The SMILES string of the molecule is COCCN(C(CN)c1cc(Cl)ccc1Br)C(C)C1CC1. The molecule has 2 rings (SSSR count). The first kappa shape index (κ1) is 17.2. The Morgan fingerprint density at radius 2 is 2.19 bits per heavy atom. The van der Waals surface area contributed by atoms with Crippen LogP contribution in [0, 0.1) is 5.92 Å². The van der Waals surface area contributed by atoms with Crippen molar-refractivity contribution in [3.63, 3.8) is 0 Å². The second-order valence-electron chi connectivity index (χ2n) is 5.73. The van der Waals surface area contributed by atoms with Gasteiger partial charge >= 0.3 is 0 Å². The Hall–Kier alpha value is -0.130. The average Bonchev–Trinajstić information content (AvgIpc) is 3.30. The fraction of sp³-hybridized carbons (Fsp3) is 0.625. The van der Waals surface area contributed by atoms with Crippen LogP contribution in [-0.2, 0) is 4.74 Å². The molecule has 0 spiro atoms. The molecular formula is C16H24BrClN2O. The van der Waals surface area contributed by atoms with Crippen molar-refractivity contribution in [1.82, 2.24) is 4.90 Å². The lowest BCUT2D eigenvalue weighted by Gasteiger charge is -2.37. The number of hydrogen-bond acceptors (Lipinski definition) is 3. The summed E-state index contributed by atoms with van der Waals surface area (Å²) in [7, 11) is 1.74. The van der Waals surface area contributed by atoms with Gasteiger partial charge in [-0.2, -0.15) is 0 Å². The first-order valence-electron chi connectivity index (χ1n) is 7.48. The zero-order valence-corrected chi connectivity index (χ0v) is 15.0. The van der Waals surface area contributed by atoms with Gasteiger partial charge in [-0.3, -0.25) is 4.90 Å². The first-order chi connectivity index (χ1) is 10.1. The summed E-state index contributed by atoms with van der Waals surface area (Å²) in [4.78, 5) is 2.47. The highest BCUT2D eigenvalue weighted by Crippen LogP contribution is 2.39. The van der Waals surface area contributed by atoms with E-state index in [-0.39, 0.29) is 6.04 Å². The summed E-state index contributed by atoms with van der Waals surface area (Å²) in [5, 5.41) is 0.748. The van der Waals surface area contributed by atoms with Gasteiger partial charge in [0, 0.05) is 41.8 Å². The second kappa shape index (κ2) is 7.93. The summed E-state index contributed by atoms with van der Waals surface area (Å²) in [5.74, 6) is 0.786. The third kappa shape index (κ3) is 4.42. The van der Waals surface area contributed by atoms with E-state index in [0.29, 0.717) is 19.2 Å². The van der Waals surface area contributed by atoms with Crippen LogP contribution in [0.15, 0.2) is 22.7 Å². The van der Waals surface area contributed by atoms with Gasteiger partial charge in [0.15, 0.2) is 0 Å². The third-order valence-corrected chi connectivity index (χ3v) is 5.28. The van der Waals surface area contributed by atoms with E-state index < -0.39 is 0 Å². The fourth-order valence-electron chi connectivity index (χ4n) is 2.90. The van der Waals surface area contributed by atoms with Crippen LogP contribution in [0.5, 0.6) is 0 Å². The second-order valence-corrected chi connectivity index (χ2v) is 7.02. The molecule has 3 nitrogen and oxygen atoms in total. The molecule has 21 heavy (non-hydrogen) atoms. The van der Waals surface area contributed by atoms with Crippen molar-refractivity contribution in [1.29, 1.82) is 0 Å². The molecule has 0 aliphatic heterocycles. The van der Waals surface area contributed by atoms with Crippen molar-refractivity contribution in [2.24, 2.45) is 11.7 Å². The number of nitrogens with two attached hydrogens (primary N) is 1. The Labute approximate surface area is 140 Å². The monoisotopic (exact) mass is 374 g/mol. The topological polar surface area (TPSA) is 38.5 Å². The van der Waals surface area contributed by atoms with Gasteiger partial charge in [-0.15, -0.1) is 0 Å². The molecule has 118 valence electrons. The lowest BCUT2D eigenvalue weighted by Crippen LogP contribution is -2.43. The molecule has 0 aromatic heterocycles. The van der Waals surface area contributed by atoms with Crippen molar-refractivity contribution >= 4 is 27.5 Å². The molecule has 1 saturated carbocycles. The Kier molecular flexibility index (Phi) is 6.51. The van der Waals surface area contributed by atoms with Gasteiger partial charge in [0.1, 0.15) is 0 Å². The summed E-state index contributed by atoms with van der Waals surface area (Å²) in [6.45, 7) is 4.47. The van der Waals surface area contributed by atoms with Gasteiger partial charge in [-0.25, -0.2) is 0 Å². The summed E-state index contributed by atoms with van der Waals surface area (Å²) in [5.41, 5.74) is 7.27. The molecule has 1 aliphatic carbocycles. The minimum Gasteiger partial charge on any atom is -0.383 e. The van der Waals surface area contributed by atoms with Crippen LogP contribution in [0.4, 0.5) is 0 Å². The standard InChI is InChI=1S/C16H24BrClN2O/c1-11(12-3-4-12)20(7-8-21-2)16(10-19)14-9-13(18)5-6-15(14)17/h5-6,9,11-12,16H,3-4,7-8,10,19H2,1-2H3. The van der Waals surface area contributed by atoms with E-state index in [4.69, 9.17) is 22.1 Å². The minimum absolute atomic E-state index is 0.156. The molecule has 5 heteroatoms. The van der Waals surface area contributed by atoms with Crippen LogP contribution in [0.2, 0.25) is 5.02 Å². The van der Waals surface area contributed by atoms with E-state index in [9.17, 15) is 0 Å². The van der Waals surface area contributed by atoms with E-state index in [1.54, 1.807) is 7.11 Å². The van der Waals surface area contributed by atoms with Crippen LogP contribution >= 0.6 is 27.5 Å². The van der Waals surface area contributed by atoms with Crippen LogP contribution in [0.3, 0.4) is 0 Å². The number of hydrogen-bond donors (Lipinski definition) is 1. The third-order valence-electron chi connectivity index (χ3n) is 4.32. The van der Waals surface area contributed by atoms with Crippen molar-refractivity contribution in [2.75, 3.05) is 26.8 Å². The fourth-order valence-corrected chi connectivity index (χ4v) is 3.59. The maximum atomic E-state index is 6.18. The maximum absolute atomic E-state index is 6.18. The molecule has 1 aromatic carbocycles. The molecule has 2 N–H and O–H groups in total. The maximum Gasteiger partial charge on any atom is 0.0590 e. The number of halogens is 2. The number of nitrogens with zero attached hydrogens (tertiary/aromatic N) is 1. The van der Waals surface area contributed by atoms with Gasteiger partial charge in [0.2, 0.25) is 0 Å². The van der Waals surface area contributed by atoms with Gasteiger partial charge < -0.3 is 10.5 Å². The van der Waals surface area contributed by atoms with E-state index in [2.05, 4.69) is 27.8 Å². The molecule has 1 fully saturated rings. The predicted molar refractivity (Wildman–Crippen MR) is 91.7 cm³/mol. The smallest absolute Gasteiger partial charge is 0.0590 e. The summed E-state index contributed by atoms with van der Waals surface area (Å²) in [6.07, 6.45) is 2.64. The van der Waals surface area contributed by atoms with Gasteiger partial charge in [0.05, 0.1) is 6.61 Å². The number of methoxy groups -OCH3 is 1. The normalized spacial score (nSPS) is 18.0. The van der Waals surface area contributed by atoms with E-state index >= 15 is 0 Å². The van der Waals surface area contributed by atoms with Gasteiger partial charge in [0.25, 0.3) is 0 Å². The van der Waals surface area contributed by atoms with Crippen molar-refractivity contribution in [3.8, 4) is 0 Å². The predicted octanol–water partition coefficient (Wildman–Crippen LogP) is 3.85. The molecule has 0 heterocycles. The highest BCUT2D eigenvalue weighted by atomic mass is 79.9. The van der Waals surface area contributed by atoms with E-state index in [0.717, 1.165) is 27.5 Å². The Morgan fingerprint density at radius 3 is 2.76 bits per heavy atom. The zero-order chi connectivity index (χ0) is 15.4. The van der Waals surface area contributed by atoms with Crippen molar-refractivity contribution in [3.05, 3.63) is 33.3 Å². The molecule has 2 atom stereocenters. The number of benzene rings is 1. The highest BCUT2D eigenvalue weighted by molar-refractivity contribution is 9.10. The molecule has 1 aliphatic rings. The van der Waals surface area contributed by atoms with Crippen LogP contribution in [0.25, 0.3) is 0 Å². The van der Waals surface area contributed by atoms with Crippen molar-refractivity contribution < 1.29 is 4.74 Å². The molecule has 0 saturated heterocycles. The Balaban J connectivity index is 2.26. The largest absolute Gasteiger partial charge is 0.383 e. The Bertz CT molecular complexity index is 468. The molecule has 0 amide bonds. The average molecular weight is 376 g/mol. The minimum atomic E-state index is 0.156. The summed E-state index contributed by atoms with van der Waals surface area (Å²) < 4.78 is 6.35. The van der Waals surface area contributed by atoms with Crippen LogP contribution in [0.1, 0.15) is 31.4 Å². The van der Waals surface area contributed by atoms with Crippen LogP contribution < -0.4 is 5.73 Å². The number of ether oxygens (including phenoxy) is 1. The quantitative estimate of drug-likeness (QED) is 0.750. The highest BCUT2D eigenvalue weighted by Gasteiger charge is 2.35. The first-order valence-corrected chi connectivity index (χ1v) is 8.65. The lowest BCUT2D eigenvalue weighted by atomic mass is 10.0. The molecule has 2 unspecified atom stereocenters. The van der Waals surface area contributed by atoms with Gasteiger partial charge in [-0.1, -0.05) is 27.5 Å². The van der Waals surface area contributed by atoms with Crippen LogP contribution in [-0.4, -0.2) is 37.7 Å². The summed E-state index contributed by atoms with van der Waals surface area (Å²) >= 11 is 9.81. The molecule has 0 bridgehead atoms. The van der Waals surface area contributed by atoms with E-state index in [1.165, 1.54) is 12.8 Å². The summed E-state index contributed by atoms with van der Waals surface area (Å²) in [6, 6.07) is 6.58. The molecule has 0 radical (unpaired) electrons. The van der Waals surface area contributed by atoms with E-state index in [1.807, 2.05) is 18.2 Å². The lowest BCUT2D eigenvalue weighted by molar-refractivity contribution is 0.0832.